The Labute approximate surface area is 144 Å². The Morgan fingerprint density at radius 2 is 2.25 bits per heavy atom. The Bertz CT molecular complexity index is 829. The third-order valence-electron chi connectivity index (χ3n) is 4.39. The standard InChI is InChI=1S/C17H19N5OS/c23-16(18-11-14-6-4-10-24-14)13-5-3-8-21(12-13)17-20-19-15-7-1-2-9-22(15)17/h1-2,4,6-7,9-10,13H,3,5,8,11-12H2,(H,18,23). The summed E-state index contributed by atoms with van der Waals surface area (Å²) in [5.74, 6) is 0.943. The number of nitrogens with one attached hydrogen (secondary N) is 1. The molecule has 124 valence electrons. The van der Waals surface area contributed by atoms with E-state index >= 15 is 0 Å². The third-order valence-corrected chi connectivity index (χ3v) is 5.26. The summed E-state index contributed by atoms with van der Waals surface area (Å²) in [7, 11) is 0. The molecule has 4 heterocycles. The molecule has 0 bridgehead atoms. The van der Waals surface area contributed by atoms with Gasteiger partial charge in [0.2, 0.25) is 11.9 Å². The fraction of sp³-hybridized carbons (Fsp3) is 0.353. The van der Waals surface area contributed by atoms with Crippen LogP contribution in [0.2, 0.25) is 0 Å². The van der Waals surface area contributed by atoms with Crippen molar-refractivity contribution in [2.45, 2.75) is 19.4 Å². The number of nitrogens with zero attached hydrogens (tertiary/aromatic N) is 4. The molecule has 1 aliphatic heterocycles. The molecule has 0 spiro atoms. The first-order chi connectivity index (χ1) is 11.8. The van der Waals surface area contributed by atoms with E-state index in [-0.39, 0.29) is 11.8 Å². The van der Waals surface area contributed by atoms with Gasteiger partial charge in [0.05, 0.1) is 12.5 Å². The number of hydrogen-bond donors (Lipinski definition) is 1. The molecule has 7 heteroatoms. The van der Waals surface area contributed by atoms with E-state index in [0.29, 0.717) is 13.1 Å². The van der Waals surface area contributed by atoms with E-state index in [2.05, 4.69) is 20.4 Å². The quantitative estimate of drug-likeness (QED) is 0.791. The van der Waals surface area contributed by atoms with Gasteiger partial charge in [-0.3, -0.25) is 9.20 Å². The molecule has 24 heavy (non-hydrogen) atoms. The smallest absolute Gasteiger partial charge is 0.231 e. The highest BCUT2D eigenvalue weighted by molar-refractivity contribution is 7.09. The molecule has 1 saturated heterocycles. The van der Waals surface area contributed by atoms with Crippen LogP contribution < -0.4 is 10.2 Å². The highest BCUT2D eigenvalue weighted by atomic mass is 32.1. The number of anilines is 1. The van der Waals surface area contributed by atoms with Crippen molar-refractivity contribution in [1.29, 1.82) is 0 Å². The van der Waals surface area contributed by atoms with Crippen molar-refractivity contribution >= 4 is 28.8 Å². The molecule has 0 aliphatic carbocycles. The van der Waals surface area contributed by atoms with Gasteiger partial charge in [0.15, 0.2) is 5.65 Å². The summed E-state index contributed by atoms with van der Waals surface area (Å²) in [6, 6.07) is 9.90. The number of pyridine rings is 1. The molecular weight excluding hydrogens is 322 g/mol. The lowest BCUT2D eigenvalue weighted by Gasteiger charge is -2.31. The topological polar surface area (TPSA) is 62.5 Å². The second-order valence-electron chi connectivity index (χ2n) is 6.01. The minimum absolute atomic E-state index is 0.00484. The van der Waals surface area contributed by atoms with Crippen LogP contribution >= 0.6 is 11.3 Å². The zero-order chi connectivity index (χ0) is 16.4. The minimum atomic E-state index is -0.00484. The predicted octanol–water partition coefficient (Wildman–Crippen LogP) is 2.32. The summed E-state index contributed by atoms with van der Waals surface area (Å²) in [5.41, 5.74) is 0.830. The van der Waals surface area contributed by atoms with Crippen LogP contribution in [0.1, 0.15) is 17.7 Å². The van der Waals surface area contributed by atoms with Gasteiger partial charge in [0.1, 0.15) is 0 Å². The molecular formula is C17H19N5OS. The second-order valence-corrected chi connectivity index (χ2v) is 7.04. The normalized spacial score (nSPS) is 18.0. The van der Waals surface area contributed by atoms with Crippen LogP contribution in [0.15, 0.2) is 41.9 Å². The fourth-order valence-electron chi connectivity index (χ4n) is 3.15. The van der Waals surface area contributed by atoms with Crippen LogP contribution in [0.4, 0.5) is 5.95 Å². The van der Waals surface area contributed by atoms with Gasteiger partial charge in [-0.25, -0.2) is 0 Å². The number of carbonyl (C=O) groups is 1. The Kier molecular flexibility index (Phi) is 4.17. The zero-order valence-corrected chi connectivity index (χ0v) is 14.1. The first kappa shape index (κ1) is 15.1. The summed E-state index contributed by atoms with van der Waals surface area (Å²) in [5, 5.41) is 13.6. The summed E-state index contributed by atoms with van der Waals surface area (Å²) in [6.07, 6.45) is 3.87. The van der Waals surface area contributed by atoms with Gasteiger partial charge in [-0.15, -0.1) is 21.5 Å². The van der Waals surface area contributed by atoms with Gasteiger partial charge < -0.3 is 10.2 Å². The Morgan fingerprint density at radius 1 is 1.29 bits per heavy atom. The Morgan fingerprint density at radius 3 is 3.12 bits per heavy atom. The average molecular weight is 341 g/mol. The maximum absolute atomic E-state index is 12.5. The van der Waals surface area contributed by atoms with Gasteiger partial charge in [0.25, 0.3) is 0 Å². The van der Waals surface area contributed by atoms with Crippen molar-refractivity contribution in [1.82, 2.24) is 19.9 Å². The molecule has 6 nitrogen and oxygen atoms in total. The number of rotatable bonds is 4. The van der Waals surface area contributed by atoms with E-state index in [9.17, 15) is 4.79 Å². The highest BCUT2D eigenvalue weighted by Crippen LogP contribution is 2.22. The number of hydrogen-bond acceptors (Lipinski definition) is 5. The van der Waals surface area contributed by atoms with E-state index in [0.717, 1.165) is 31.0 Å². The lowest BCUT2D eigenvalue weighted by Crippen LogP contribution is -2.43. The molecule has 1 N–H and O–H groups in total. The number of piperidine rings is 1. The SMILES string of the molecule is O=C(NCc1cccs1)C1CCCN(c2nnc3ccccn23)C1. The number of amides is 1. The predicted molar refractivity (Wildman–Crippen MR) is 94.1 cm³/mol. The molecule has 4 rings (SSSR count). The second kappa shape index (κ2) is 6.60. The van der Waals surface area contributed by atoms with Crippen LogP contribution in [0.3, 0.4) is 0 Å². The zero-order valence-electron chi connectivity index (χ0n) is 13.3. The summed E-state index contributed by atoms with van der Waals surface area (Å²) in [6.45, 7) is 2.21. The van der Waals surface area contributed by atoms with Gasteiger partial charge in [-0.05, 0) is 36.4 Å². The minimum Gasteiger partial charge on any atom is -0.351 e. The monoisotopic (exact) mass is 341 g/mol. The first-order valence-electron chi connectivity index (χ1n) is 8.16. The lowest BCUT2D eigenvalue weighted by atomic mass is 9.97. The maximum atomic E-state index is 12.5. The fourth-order valence-corrected chi connectivity index (χ4v) is 3.79. The van der Waals surface area contributed by atoms with E-state index < -0.39 is 0 Å². The molecule has 1 amide bonds. The molecule has 0 saturated carbocycles. The molecule has 0 radical (unpaired) electrons. The molecule has 3 aromatic rings. The molecule has 1 unspecified atom stereocenters. The van der Waals surface area contributed by atoms with Gasteiger partial charge in [0, 0.05) is 24.2 Å². The van der Waals surface area contributed by atoms with E-state index in [1.807, 2.05) is 46.3 Å². The first-order valence-corrected chi connectivity index (χ1v) is 9.04. The van der Waals surface area contributed by atoms with Crippen molar-refractivity contribution in [3.8, 4) is 0 Å². The Hall–Kier alpha value is -2.41. The average Bonchev–Trinajstić information content (AvgIpc) is 3.29. The van der Waals surface area contributed by atoms with Crippen LogP contribution in [0.5, 0.6) is 0 Å². The van der Waals surface area contributed by atoms with Crippen molar-refractivity contribution in [2.75, 3.05) is 18.0 Å². The third kappa shape index (κ3) is 2.99. The largest absolute Gasteiger partial charge is 0.351 e. The summed E-state index contributed by atoms with van der Waals surface area (Å²) >= 11 is 1.66. The molecule has 1 fully saturated rings. The van der Waals surface area contributed by atoms with Crippen LogP contribution in [0, 0.1) is 5.92 Å². The molecule has 1 aliphatic rings. The van der Waals surface area contributed by atoms with Crippen LogP contribution in [-0.2, 0) is 11.3 Å². The van der Waals surface area contributed by atoms with Crippen molar-refractivity contribution in [3.63, 3.8) is 0 Å². The molecule has 1 atom stereocenters. The van der Waals surface area contributed by atoms with Crippen LogP contribution in [0.25, 0.3) is 5.65 Å². The lowest BCUT2D eigenvalue weighted by molar-refractivity contribution is -0.125. The summed E-state index contributed by atoms with van der Waals surface area (Å²) < 4.78 is 1.98. The van der Waals surface area contributed by atoms with Gasteiger partial charge in [-0.2, -0.15) is 0 Å². The number of fused-ring (bicyclic) bond motifs is 1. The van der Waals surface area contributed by atoms with Crippen molar-refractivity contribution < 1.29 is 4.79 Å². The van der Waals surface area contributed by atoms with Crippen molar-refractivity contribution in [2.24, 2.45) is 5.92 Å². The maximum Gasteiger partial charge on any atom is 0.231 e. The molecule has 0 aromatic carbocycles. The Balaban J connectivity index is 1.44. The summed E-state index contributed by atoms with van der Waals surface area (Å²) in [4.78, 5) is 15.8. The van der Waals surface area contributed by atoms with Gasteiger partial charge in [-0.1, -0.05) is 12.1 Å². The van der Waals surface area contributed by atoms with Gasteiger partial charge >= 0.3 is 0 Å². The highest BCUT2D eigenvalue weighted by Gasteiger charge is 2.27. The van der Waals surface area contributed by atoms with Crippen LogP contribution in [-0.4, -0.2) is 33.6 Å². The number of carbonyl (C=O) groups excluding carboxylic acids is 1. The molecule has 3 aromatic heterocycles. The number of aromatic nitrogens is 3. The number of thiophene rings is 1. The van der Waals surface area contributed by atoms with E-state index in [1.165, 1.54) is 4.88 Å². The van der Waals surface area contributed by atoms with E-state index in [1.54, 1.807) is 11.3 Å². The van der Waals surface area contributed by atoms with E-state index in [4.69, 9.17) is 0 Å². The van der Waals surface area contributed by atoms with Crippen molar-refractivity contribution in [3.05, 3.63) is 46.8 Å².